The number of piperazine rings is 1. The third-order valence-corrected chi connectivity index (χ3v) is 4.97. The number of aryl methyl sites for hydroxylation is 1. The maximum absolute atomic E-state index is 3.47. The highest BCUT2D eigenvalue weighted by Crippen LogP contribution is 2.36. The molecule has 21 heavy (non-hydrogen) atoms. The summed E-state index contributed by atoms with van der Waals surface area (Å²) in [6, 6.07) is 9.34. The molecule has 0 spiro atoms. The van der Waals surface area contributed by atoms with Crippen LogP contribution in [-0.2, 0) is 7.05 Å². The molecule has 2 atom stereocenters. The molecule has 0 amide bonds. The Morgan fingerprint density at radius 2 is 1.90 bits per heavy atom. The van der Waals surface area contributed by atoms with Gasteiger partial charge in [-0.25, -0.2) is 0 Å². The van der Waals surface area contributed by atoms with E-state index < -0.39 is 0 Å². The van der Waals surface area contributed by atoms with Crippen LogP contribution in [0.5, 0.6) is 0 Å². The topological polar surface area (TPSA) is 20.2 Å². The number of nitrogens with one attached hydrogen (secondary N) is 1. The van der Waals surface area contributed by atoms with Gasteiger partial charge in [-0.1, -0.05) is 38.5 Å². The Morgan fingerprint density at radius 3 is 2.62 bits per heavy atom. The minimum atomic E-state index is 0.531. The molecule has 3 rings (SSSR count). The first kappa shape index (κ1) is 14.6. The highest BCUT2D eigenvalue weighted by Gasteiger charge is 2.28. The molecule has 3 nitrogen and oxygen atoms in total. The number of benzene rings is 1. The lowest BCUT2D eigenvalue weighted by atomic mass is 9.90. The number of aromatic nitrogens is 1. The first-order chi connectivity index (χ1) is 10.2. The molecule has 0 saturated carbocycles. The van der Waals surface area contributed by atoms with Crippen molar-refractivity contribution in [2.45, 2.75) is 26.3 Å². The third-order valence-electron chi connectivity index (χ3n) is 4.97. The average Bonchev–Trinajstić information content (AvgIpc) is 2.86. The van der Waals surface area contributed by atoms with Crippen molar-refractivity contribution < 1.29 is 0 Å². The SMILES string of the molecule is CCC(C)[C@@H](c1cn(C)c2ccccc12)N1CCNCC1. The quantitative estimate of drug-likeness (QED) is 0.931. The Kier molecular flexibility index (Phi) is 4.32. The molecular formula is C18H27N3. The summed E-state index contributed by atoms with van der Waals surface area (Å²) in [4.78, 5) is 2.67. The maximum Gasteiger partial charge on any atom is 0.0481 e. The highest BCUT2D eigenvalue weighted by atomic mass is 15.2. The molecule has 0 radical (unpaired) electrons. The Balaban J connectivity index is 2.05. The van der Waals surface area contributed by atoms with Gasteiger partial charge < -0.3 is 9.88 Å². The maximum atomic E-state index is 3.47. The second-order valence-corrected chi connectivity index (χ2v) is 6.33. The molecule has 0 aliphatic carbocycles. The Hall–Kier alpha value is -1.32. The molecule has 1 aliphatic rings. The molecule has 114 valence electrons. The number of nitrogens with zero attached hydrogens (tertiary/aromatic N) is 2. The molecule has 3 heteroatoms. The molecule has 1 aromatic heterocycles. The zero-order valence-electron chi connectivity index (χ0n) is 13.5. The summed E-state index contributed by atoms with van der Waals surface area (Å²) < 4.78 is 2.28. The summed E-state index contributed by atoms with van der Waals surface area (Å²) in [5, 5.41) is 4.89. The molecular weight excluding hydrogens is 258 g/mol. The van der Waals surface area contributed by atoms with Gasteiger partial charge in [0.1, 0.15) is 0 Å². The Labute approximate surface area is 127 Å². The molecule has 1 saturated heterocycles. The second-order valence-electron chi connectivity index (χ2n) is 6.33. The van der Waals surface area contributed by atoms with Crippen molar-refractivity contribution in [3.8, 4) is 0 Å². The lowest BCUT2D eigenvalue weighted by Gasteiger charge is -2.38. The second kappa shape index (κ2) is 6.20. The predicted octanol–water partition coefficient (Wildman–Crippen LogP) is 3.17. The van der Waals surface area contributed by atoms with Gasteiger partial charge in [-0.3, -0.25) is 4.90 Å². The van der Waals surface area contributed by atoms with Crippen molar-refractivity contribution in [1.29, 1.82) is 0 Å². The molecule has 1 unspecified atom stereocenters. The van der Waals surface area contributed by atoms with E-state index >= 15 is 0 Å². The van der Waals surface area contributed by atoms with E-state index in [9.17, 15) is 0 Å². The van der Waals surface area contributed by atoms with E-state index in [4.69, 9.17) is 0 Å². The van der Waals surface area contributed by atoms with Gasteiger partial charge in [0.05, 0.1) is 0 Å². The van der Waals surface area contributed by atoms with E-state index in [0.29, 0.717) is 12.0 Å². The predicted molar refractivity (Wildman–Crippen MR) is 89.6 cm³/mol. The molecule has 1 N–H and O–H groups in total. The Bertz CT molecular complexity index is 596. The van der Waals surface area contributed by atoms with Crippen molar-refractivity contribution >= 4 is 10.9 Å². The summed E-state index contributed by atoms with van der Waals surface area (Å²) in [7, 11) is 2.16. The van der Waals surface area contributed by atoms with E-state index in [-0.39, 0.29) is 0 Å². The standard InChI is InChI=1S/C18H27N3/c1-4-14(2)18(21-11-9-19-10-12-21)16-13-20(3)17-8-6-5-7-15(16)17/h5-8,13-14,18-19H,4,9-12H2,1-3H3/t14?,18-/m0/s1. The molecule has 2 heterocycles. The monoisotopic (exact) mass is 285 g/mol. The fourth-order valence-electron chi connectivity index (χ4n) is 3.66. The van der Waals surface area contributed by atoms with Crippen LogP contribution in [0, 0.1) is 5.92 Å². The van der Waals surface area contributed by atoms with Crippen LogP contribution in [0.1, 0.15) is 31.9 Å². The van der Waals surface area contributed by atoms with Crippen LogP contribution in [0.2, 0.25) is 0 Å². The number of fused-ring (bicyclic) bond motifs is 1. The number of rotatable bonds is 4. The third kappa shape index (κ3) is 2.72. The lowest BCUT2D eigenvalue weighted by molar-refractivity contribution is 0.129. The van der Waals surface area contributed by atoms with Gasteiger partial charge in [0.2, 0.25) is 0 Å². The average molecular weight is 285 g/mol. The lowest BCUT2D eigenvalue weighted by Crippen LogP contribution is -2.46. The molecule has 2 aromatic rings. The summed E-state index contributed by atoms with van der Waals surface area (Å²) in [5.74, 6) is 0.675. The fraction of sp³-hybridized carbons (Fsp3) is 0.556. The van der Waals surface area contributed by atoms with Crippen LogP contribution in [0.15, 0.2) is 30.5 Å². The van der Waals surface area contributed by atoms with E-state index in [1.807, 2.05) is 0 Å². The summed E-state index contributed by atoms with van der Waals surface area (Å²) >= 11 is 0. The van der Waals surface area contributed by atoms with Crippen LogP contribution in [0.4, 0.5) is 0 Å². The first-order valence-electron chi connectivity index (χ1n) is 8.21. The molecule has 1 aromatic carbocycles. The van der Waals surface area contributed by atoms with Gasteiger partial charge >= 0.3 is 0 Å². The van der Waals surface area contributed by atoms with Crippen LogP contribution in [0.3, 0.4) is 0 Å². The van der Waals surface area contributed by atoms with Gasteiger partial charge in [0.15, 0.2) is 0 Å². The van der Waals surface area contributed by atoms with Crippen molar-refractivity contribution in [1.82, 2.24) is 14.8 Å². The molecule has 1 fully saturated rings. The first-order valence-corrected chi connectivity index (χ1v) is 8.21. The number of para-hydroxylation sites is 1. The van der Waals surface area contributed by atoms with E-state index in [1.54, 1.807) is 0 Å². The highest BCUT2D eigenvalue weighted by molar-refractivity contribution is 5.84. The zero-order chi connectivity index (χ0) is 14.8. The van der Waals surface area contributed by atoms with E-state index in [1.165, 1.54) is 22.9 Å². The van der Waals surface area contributed by atoms with Crippen LogP contribution < -0.4 is 5.32 Å². The number of hydrogen-bond acceptors (Lipinski definition) is 2. The van der Waals surface area contributed by atoms with Crippen LogP contribution in [0.25, 0.3) is 10.9 Å². The summed E-state index contributed by atoms with van der Waals surface area (Å²) in [6.07, 6.45) is 3.57. The smallest absolute Gasteiger partial charge is 0.0481 e. The van der Waals surface area contributed by atoms with E-state index in [0.717, 1.165) is 26.2 Å². The van der Waals surface area contributed by atoms with E-state index in [2.05, 4.69) is 66.1 Å². The normalized spacial score (nSPS) is 19.8. The van der Waals surface area contributed by atoms with Gasteiger partial charge in [-0.05, 0) is 17.5 Å². The minimum Gasteiger partial charge on any atom is -0.350 e. The van der Waals surface area contributed by atoms with Gasteiger partial charge in [-0.2, -0.15) is 0 Å². The Morgan fingerprint density at radius 1 is 1.19 bits per heavy atom. The fourth-order valence-corrected chi connectivity index (χ4v) is 3.66. The zero-order valence-corrected chi connectivity index (χ0v) is 13.5. The van der Waals surface area contributed by atoms with Crippen LogP contribution >= 0.6 is 0 Å². The van der Waals surface area contributed by atoms with Gasteiger partial charge in [-0.15, -0.1) is 0 Å². The summed E-state index contributed by atoms with van der Waals surface area (Å²) in [5.41, 5.74) is 2.85. The molecule has 0 bridgehead atoms. The largest absolute Gasteiger partial charge is 0.350 e. The molecule has 1 aliphatic heterocycles. The van der Waals surface area contributed by atoms with Crippen molar-refractivity contribution in [3.63, 3.8) is 0 Å². The van der Waals surface area contributed by atoms with Crippen molar-refractivity contribution in [2.24, 2.45) is 13.0 Å². The van der Waals surface area contributed by atoms with Gasteiger partial charge in [0.25, 0.3) is 0 Å². The minimum absolute atomic E-state index is 0.531. The summed E-state index contributed by atoms with van der Waals surface area (Å²) in [6.45, 7) is 9.23. The van der Waals surface area contributed by atoms with Crippen molar-refractivity contribution in [3.05, 3.63) is 36.0 Å². The number of hydrogen-bond donors (Lipinski definition) is 1. The van der Waals surface area contributed by atoms with Crippen molar-refractivity contribution in [2.75, 3.05) is 26.2 Å². The van der Waals surface area contributed by atoms with Gasteiger partial charge in [0, 0.05) is 56.4 Å². The van der Waals surface area contributed by atoms with Crippen LogP contribution in [-0.4, -0.2) is 35.6 Å².